The van der Waals surface area contributed by atoms with Crippen molar-refractivity contribution in [2.75, 3.05) is 7.05 Å². The van der Waals surface area contributed by atoms with Crippen LogP contribution in [0.2, 0.25) is 0 Å². The Morgan fingerprint density at radius 3 is 2.58 bits per heavy atom. The number of carbonyl (C=O) groups excluding carboxylic acids is 2. The monoisotopic (exact) mass is 326 g/mol. The van der Waals surface area contributed by atoms with Crippen molar-refractivity contribution in [2.45, 2.75) is 6.92 Å². The van der Waals surface area contributed by atoms with Crippen LogP contribution in [-0.2, 0) is 4.79 Å². The normalized spacial score (nSPS) is 15.9. The minimum absolute atomic E-state index is 0.140. The SMILES string of the molecule is Cc1cc(C(=O)O)ccc1-c1ccc(/C=C2/NC(=O)N(C)C2=O)o1. The summed E-state index contributed by atoms with van der Waals surface area (Å²) in [4.78, 5) is 35.2. The van der Waals surface area contributed by atoms with Gasteiger partial charge in [0, 0.05) is 18.7 Å². The quantitative estimate of drug-likeness (QED) is 0.667. The number of nitrogens with zero attached hydrogens (tertiary/aromatic N) is 1. The van der Waals surface area contributed by atoms with Crippen LogP contribution in [-0.4, -0.2) is 35.0 Å². The average molecular weight is 326 g/mol. The van der Waals surface area contributed by atoms with Crippen LogP contribution in [0.5, 0.6) is 0 Å². The molecule has 1 fully saturated rings. The summed E-state index contributed by atoms with van der Waals surface area (Å²) in [6.45, 7) is 1.79. The third kappa shape index (κ3) is 2.67. The lowest BCUT2D eigenvalue weighted by Gasteiger charge is -2.04. The van der Waals surface area contributed by atoms with Gasteiger partial charge in [-0.05, 0) is 36.8 Å². The van der Waals surface area contributed by atoms with Crippen LogP contribution in [0, 0.1) is 6.92 Å². The number of carboxylic acids is 1. The van der Waals surface area contributed by atoms with Crippen LogP contribution in [0.15, 0.2) is 40.4 Å². The Kier molecular flexibility index (Phi) is 3.69. The van der Waals surface area contributed by atoms with E-state index in [1.54, 1.807) is 31.2 Å². The van der Waals surface area contributed by atoms with Gasteiger partial charge in [0.1, 0.15) is 17.2 Å². The predicted molar refractivity (Wildman–Crippen MR) is 85.1 cm³/mol. The van der Waals surface area contributed by atoms with Gasteiger partial charge < -0.3 is 14.8 Å². The number of carbonyl (C=O) groups is 3. The van der Waals surface area contributed by atoms with Gasteiger partial charge in [-0.15, -0.1) is 0 Å². The van der Waals surface area contributed by atoms with Crippen molar-refractivity contribution < 1.29 is 23.9 Å². The summed E-state index contributed by atoms with van der Waals surface area (Å²) in [5.74, 6) is -0.471. The van der Waals surface area contributed by atoms with Gasteiger partial charge in [-0.2, -0.15) is 0 Å². The lowest BCUT2D eigenvalue weighted by molar-refractivity contribution is -0.121. The molecule has 7 nitrogen and oxygen atoms in total. The highest BCUT2D eigenvalue weighted by molar-refractivity contribution is 6.13. The maximum absolute atomic E-state index is 11.8. The molecule has 0 aliphatic carbocycles. The summed E-state index contributed by atoms with van der Waals surface area (Å²) in [5, 5.41) is 11.5. The number of likely N-dealkylation sites (N-methyl/N-ethyl adjacent to an activating group) is 1. The Balaban J connectivity index is 1.91. The predicted octanol–water partition coefficient (Wildman–Crippen LogP) is 2.48. The van der Waals surface area contributed by atoms with Crippen LogP contribution in [0.25, 0.3) is 17.4 Å². The maximum atomic E-state index is 11.8. The minimum Gasteiger partial charge on any atom is -0.478 e. The molecular formula is C17H14N2O5. The first kappa shape index (κ1) is 15.5. The Labute approximate surface area is 137 Å². The summed E-state index contributed by atoms with van der Waals surface area (Å²) in [6, 6.07) is 7.64. The third-order valence-corrected chi connectivity index (χ3v) is 3.73. The lowest BCUT2D eigenvalue weighted by atomic mass is 10.0. The second-order valence-corrected chi connectivity index (χ2v) is 5.39. The van der Waals surface area contributed by atoms with Gasteiger partial charge in [0.25, 0.3) is 5.91 Å². The van der Waals surface area contributed by atoms with E-state index in [0.29, 0.717) is 11.5 Å². The minimum atomic E-state index is -0.992. The second-order valence-electron chi connectivity index (χ2n) is 5.39. The molecule has 3 amide bonds. The summed E-state index contributed by atoms with van der Waals surface area (Å²) in [5.41, 5.74) is 1.85. The van der Waals surface area contributed by atoms with E-state index in [4.69, 9.17) is 9.52 Å². The zero-order chi connectivity index (χ0) is 17.4. The summed E-state index contributed by atoms with van der Waals surface area (Å²) in [7, 11) is 1.39. The van der Waals surface area contributed by atoms with Gasteiger partial charge in [-0.3, -0.25) is 9.69 Å². The highest BCUT2D eigenvalue weighted by Crippen LogP contribution is 2.27. The van der Waals surface area contributed by atoms with E-state index in [1.165, 1.54) is 19.2 Å². The van der Waals surface area contributed by atoms with Crippen molar-refractivity contribution >= 4 is 24.0 Å². The fraction of sp³-hybridized carbons (Fsp3) is 0.118. The molecule has 2 aromatic rings. The molecule has 1 aromatic carbocycles. The van der Waals surface area contributed by atoms with Crippen LogP contribution >= 0.6 is 0 Å². The Bertz CT molecular complexity index is 894. The van der Waals surface area contributed by atoms with Gasteiger partial charge in [0.15, 0.2) is 0 Å². The highest BCUT2D eigenvalue weighted by atomic mass is 16.4. The molecule has 1 aromatic heterocycles. The zero-order valence-electron chi connectivity index (χ0n) is 13.0. The average Bonchev–Trinajstić information content (AvgIpc) is 3.08. The number of hydrogen-bond donors (Lipinski definition) is 2. The van der Waals surface area contributed by atoms with Crippen molar-refractivity contribution in [2.24, 2.45) is 0 Å². The highest BCUT2D eigenvalue weighted by Gasteiger charge is 2.30. The summed E-state index contributed by atoms with van der Waals surface area (Å²) >= 11 is 0. The van der Waals surface area contributed by atoms with E-state index in [9.17, 15) is 14.4 Å². The van der Waals surface area contributed by atoms with Crippen molar-refractivity contribution in [1.82, 2.24) is 10.2 Å². The molecule has 122 valence electrons. The summed E-state index contributed by atoms with van der Waals surface area (Å²) < 4.78 is 5.69. The van der Waals surface area contributed by atoms with Gasteiger partial charge in [0.2, 0.25) is 0 Å². The number of amides is 3. The van der Waals surface area contributed by atoms with Crippen LogP contribution in [0.4, 0.5) is 4.79 Å². The third-order valence-electron chi connectivity index (χ3n) is 3.73. The van der Waals surface area contributed by atoms with Crippen molar-refractivity contribution in [1.29, 1.82) is 0 Å². The van der Waals surface area contributed by atoms with Crippen LogP contribution in [0.3, 0.4) is 0 Å². The second kappa shape index (κ2) is 5.69. The number of nitrogens with one attached hydrogen (secondary N) is 1. The van der Waals surface area contributed by atoms with Gasteiger partial charge in [-0.1, -0.05) is 6.07 Å². The Morgan fingerprint density at radius 1 is 1.25 bits per heavy atom. The van der Waals surface area contributed by atoms with Crippen LogP contribution in [0.1, 0.15) is 21.7 Å². The number of urea groups is 1. The number of hydrogen-bond acceptors (Lipinski definition) is 4. The summed E-state index contributed by atoms with van der Waals surface area (Å²) in [6.07, 6.45) is 1.45. The van der Waals surface area contributed by atoms with Crippen LogP contribution < -0.4 is 5.32 Å². The topological polar surface area (TPSA) is 99.9 Å². The first-order chi connectivity index (χ1) is 11.4. The Hall–Kier alpha value is -3.35. The fourth-order valence-electron chi connectivity index (χ4n) is 2.41. The molecular weight excluding hydrogens is 312 g/mol. The number of furan rings is 1. The fourth-order valence-corrected chi connectivity index (χ4v) is 2.41. The molecule has 3 rings (SSSR count). The molecule has 24 heavy (non-hydrogen) atoms. The van der Waals surface area contributed by atoms with E-state index in [-0.39, 0.29) is 11.3 Å². The standard InChI is InChI=1S/C17H14N2O5/c1-9-7-10(16(21)22)3-5-12(9)14-6-4-11(24-14)8-13-15(20)19(2)17(23)18-13/h3-8H,1-2H3,(H,18,23)(H,21,22)/b13-8+. The van der Waals surface area contributed by atoms with Gasteiger partial charge >= 0.3 is 12.0 Å². The van der Waals surface area contributed by atoms with Crippen molar-refractivity contribution in [3.8, 4) is 11.3 Å². The van der Waals surface area contributed by atoms with E-state index in [2.05, 4.69) is 5.32 Å². The first-order valence-corrected chi connectivity index (χ1v) is 7.11. The smallest absolute Gasteiger partial charge is 0.335 e. The largest absolute Gasteiger partial charge is 0.478 e. The molecule has 0 saturated carbocycles. The number of benzene rings is 1. The molecule has 1 aliphatic heterocycles. The molecule has 0 unspecified atom stereocenters. The molecule has 2 N–H and O–H groups in total. The zero-order valence-corrected chi connectivity index (χ0v) is 13.0. The molecule has 1 aliphatic rings. The van der Waals surface area contributed by atoms with Gasteiger partial charge in [-0.25, -0.2) is 9.59 Å². The van der Waals surface area contributed by atoms with Crippen molar-refractivity contribution in [3.05, 3.63) is 52.9 Å². The lowest BCUT2D eigenvalue weighted by Crippen LogP contribution is -2.25. The number of imide groups is 1. The van der Waals surface area contributed by atoms with E-state index < -0.39 is 17.9 Å². The maximum Gasteiger partial charge on any atom is 0.335 e. The number of aromatic carboxylic acids is 1. The molecule has 7 heteroatoms. The molecule has 0 bridgehead atoms. The first-order valence-electron chi connectivity index (χ1n) is 7.11. The number of aryl methyl sites for hydroxylation is 1. The Morgan fingerprint density at radius 2 is 2.00 bits per heavy atom. The van der Waals surface area contributed by atoms with E-state index in [0.717, 1.165) is 16.0 Å². The number of rotatable bonds is 3. The van der Waals surface area contributed by atoms with Crippen molar-refractivity contribution in [3.63, 3.8) is 0 Å². The van der Waals surface area contributed by atoms with E-state index >= 15 is 0 Å². The van der Waals surface area contributed by atoms with Gasteiger partial charge in [0.05, 0.1) is 5.56 Å². The molecule has 1 saturated heterocycles. The number of carboxylic acid groups (broad SMARTS) is 1. The molecule has 0 atom stereocenters. The molecule has 0 spiro atoms. The molecule has 2 heterocycles. The molecule has 0 radical (unpaired) electrons. The van der Waals surface area contributed by atoms with E-state index in [1.807, 2.05) is 0 Å².